The van der Waals surface area contributed by atoms with Gasteiger partial charge in [-0.05, 0) is 49.5 Å². The van der Waals surface area contributed by atoms with Crippen molar-refractivity contribution in [3.8, 4) is 0 Å². The Kier molecular flexibility index (Phi) is 4.86. The fraction of sp³-hybridized carbons (Fsp3) is 0.812. The summed E-state index contributed by atoms with van der Waals surface area (Å²) in [6, 6.07) is 2.59. The number of aryl methyl sites for hydroxylation is 2. The number of hydrogen-bond acceptors (Lipinski definition) is 3. The molecule has 1 heterocycles. The van der Waals surface area contributed by atoms with Crippen molar-refractivity contribution in [2.75, 3.05) is 0 Å². The summed E-state index contributed by atoms with van der Waals surface area (Å²) in [4.78, 5) is 0. The van der Waals surface area contributed by atoms with Crippen LogP contribution in [0.4, 0.5) is 0 Å². The SMILES string of the molecule is CCc1cc(CC(NN)C2CCC(C)(C)CC2)n(C)n1. The van der Waals surface area contributed by atoms with Crippen LogP contribution in [-0.4, -0.2) is 15.8 Å². The van der Waals surface area contributed by atoms with E-state index in [0.717, 1.165) is 12.8 Å². The van der Waals surface area contributed by atoms with Gasteiger partial charge in [0.05, 0.1) is 5.69 Å². The second-order valence-corrected chi connectivity index (χ2v) is 7.08. The first kappa shape index (κ1) is 15.5. The van der Waals surface area contributed by atoms with Gasteiger partial charge in [-0.15, -0.1) is 0 Å². The van der Waals surface area contributed by atoms with E-state index in [9.17, 15) is 0 Å². The molecule has 114 valence electrons. The third-order valence-electron chi connectivity index (χ3n) is 4.99. The summed E-state index contributed by atoms with van der Waals surface area (Å²) >= 11 is 0. The molecule has 1 aliphatic carbocycles. The van der Waals surface area contributed by atoms with Gasteiger partial charge < -0.3 is 0 Å². The highest BCUT2D eigenvalue weighted by atomic mass is 15.3. The number of aromatic nitrogens is 2. The van der Waals surface area contributed by atoms with Crippen molar-refractivity contribution in [1.29, 1.82) is 0 Å². The van der Waals surface area contributed by atoms with E-state index in [-0.39, 0.29) is 0 Å². The Morgan fingerprint density at radius 2 is 2.10 bits per heavy atom. The van der Waals surface area contributed by atoms with Crippen LogP contribution in [0.1, 0.15) is 57.8 Å². The van der Waals surface area contributed by atoms with Crippen LogP contribution in [0.2, 0.25) is 0 Å². The first-order valence-electron chi connectivity index (χ1n) is 7.93. The molecule has 1 saturated carbocycles. The van der Waals surface area contributed by atoms with E-state index in [0.29, 0.717) is 17.4 Å². The third kappa shape index (κ3) is 3.61. The minimum Gasteiger partial charge on any atom is -0.272 e. The van der Waals surface area contributed by atoms with Crippen LogP contribution in [0.25, 0.3) is 0 Å². The number of nitrogens with zero attached hydrogens (tertiary/aromatic N) is 2. The first-order chi connectivity index (χ1) is 9.45. The van der Waals surface area contributed by atoms with Gasteiger partial charge in [-0.2, -0.15) is 5.10 Å². The molecule has 1 atom stereocenters. The number of rotatable bonds is 5. The van der Waals surface area contributed by atoms with Gasteiger partial charge in [0.1, 0.15) is 0 Å². The van der Waals surface area contributed by atoms with Gasteiger partial charge in [0.15, 0.2) is 0 Å². The lowest BCUT2D eigenvalue weighted by atomic mass is 9.70. The molecular weight excluding hydrogens is 248 g/mol. The summed E-state index contributed by atoms with van der Waals surface area (Å²) < 4.78 is 2.01. The highest BCUT2D eigenvalue weighted by molar-refractivity contribution is 5.12. The fourth-order valence-corrected chi connectivity index (χ4v) is 3.35. The molecule has 1 unspecified atom stereocenters. The van der Waals surface area contributed by atoms with Crippen molar-refractivity contribution < 1.29 is 0 Å². The maximum Gasteiger partial charge on any atom is 0.0624 e. The average Bonchev–Trinajstić information content (AvgIpc) is 2.77. The number of nitrogens with one attached hydrogen (secondary N) is 1. The Hall–Kier alpha value is -0.870. The Bertz CT molecular complexity index is 426. The highest BCUT2D eigenvalue weighted by Crippen LogP contribution is 2.39. The van der Waals surface area contributed by atoms with Gasteiger partial charge in [0, 0.05) is 25.2 Å². The van der Waals surface area contributed by atoms with Crippen molar-refractivity contribution in [3.63, 3.8) is 0 Å². The first-order valence-corrected chi connectivity index (χ1v) is 7.93. The van der Waals surface area contributed by atoms with E-state index in [1.807, 2.05) is 11.7 Å². The highest BCUT2D eigenvalue weighted by Gasteiger charge is 2.31. The van der Waals surface area contributed by atoms with E-state index in [4.69, 9.17) is 5.84 Å². The maximum atomic E-state index is 5.83. The molecule has 20 heavy (non-hydrogen) atoms. The lowest BCUT2D eigenvalue weighted by Gasteiger charge is -2.37. The summed E-state index contributed by atoms with van der Waals surface area (Å²) in [6.45, 7) is 6.90. The summed E-state index contributed by atoms with van der Waals surface area (Å²) in [5.41, 5.74) is 6.03. The van der Waals surface area contributed by atoms with E-state index in [1.54, 1.807) is 0 Å². The van der Waals surface area contributed by atoms with E-state index < -0.39 is 0 Å². The van der Waals surface area contributed by atoms with Gasteiger partial charge in [-0.25, -0.2) is 0 Å². The molecule has 0 spiro atoms. The monoisotopic (exact) mass is 278 g/mol. The van der Waals surface area contributed by atoms with E-state index in [2.05, 4.69) is 37.4 Å². The lowest BCUT2D eigenvalue weighted by molar-refractivity contribution is 0.160. The topological polar surface area (TPSA) is 55.9 Å². The quantitative estimate of drug-likeness (QED) is 0.643. The number of nitrogens with two attached hydrogens (primary N) is 1. The third-order valence-corrected chi connectivity index (χ3v) is 4.99. The molecule has 0 bridgehead atoms. The molecule has 1 aliphatic rings. The largest absolute Gasteiger partial charge is 0.272 e. The molecule has 1 fully saturated rings. The van der Waals surface area contributed by atoms with Crippen LogP contribution in [0.5, 0.6) is 0 Å². The minimum atomic E-state index is 0.367. The molecule has 0 radical (unpaired) electrons. The predicted octanol–water partition coefficient (Wildman–Crippen LogP) is 2.57. The molecule has 4 heteroatoms. The minimum absolute atomic E-state index is 0.367. The Labute approximate surface area is 123 Å². The number of hydrazine groups is 1. The molecule has 1 aromatic heterocycles. The van der Waals surface area contributed by atoms with Gasteiger partial charge in [0.2, 0.25) is 0 Å². The van der Waals surface area contributed by atoms with Crippen molar-refractivity contribution >= 4 is 0 Å². The zero-order chi connectivity index (χ0) is 14.8. The zero-order valence-electron chi connectivity index (χ0n) is 13.4. The van der Waals surface area contributed by atoms with Crippen molar-refractivity contribution in [2.45, 2.75) is 65.3 Å². The molecule has 0 aromatic carbocycles. The van der Waals surface area contributed by atoms with Crippen LogP contribution in [0.3, 0.4) is 0 Å². The average molecular weight is 278 g/mol. The number of hydrogen-bond donors (Lipinski definition) is 2. The molecular formula is C16H30N4. The second-order valence-electron chi connectivity index (χ2n) is 7.08. The van der Waals surface area contributed by atoms with E-state index in [1.165, 1.54) is 37.1 Å². The molecule has 0 aliphatic heterocycles. The molecule has 0 amide bonds. The molecule has 3 N–H and O–H groups in total. The maximum absolute atomic E-state index is 5.83. The van der Waals surface area contributed by atoms with Crippen LogP contribution in [-0.2, 0) is 19.9 Å². The van der Waals surface area contributed by atoms with Crippen LogP contribution < -0.4 is 11.3 Å². The summed E-state index contributed by atoms with van der Waals surface area (Å²) in [6.07, 6.45) is 7.14. The smallest absolute Gasteiger partial charge is 0.0624 e. The Balaban J connectivity index is 2.00. The second kappa shape index (κ2) is 6.27. The van der Waals surface area contributed by atoms with E-state index >= 15 is 0 Å². The van der Waals surface area contributed by atoms with Gasteiger partial charge in [-0.1, -0.05) is 20.8 Å². The molecule has 1 aromatic rings. The van der Waals surface area contributed by atoms with Crippen molar-refractivity contribution in [3.05, 3.63) is 17.5 Å². The van der Waals surface area contributed by atoms with Gasteiger partial charge in [0.25, 0.3) is 0 Å². The zero-order valence-corrected chi connectivity index (χ0v) is 13.4. The molecule has 2 rings (SSSR count). The summed E-state index contributed by atoms with van der Waals surface area (Å²) in [5.74, 6) is 6.52. The Morgan fingerprint density at radius 3 is 2.60 bits per heavy atom. The van der Waals surface area contributed by atoms with Crippen LogP contribution in [0, 0.1) is 11.3 Å². The molecule has 0 saturated heterocycles. The normalized spacial score (nSPS) is 21.1. The lowest BCUT2D eigenvalue weighted by Crippen LogP contribution is -2.44. The van der Waals surface area contributed by atoms with Gasteiger partial charge >= 0.3 is 0 Å². The summed E-state index contributed by atoms with van der Waals surface area (Å²) in [7, 11) is 2.03. The Morgan fingerprint density at radius 1 is 1.45 bits per heavy atom. The van der Waals surface area contributed by atoms with Crippen molar-refractivity contribution in [1.82, 2.24) is 15.2 Å². The predicted molar refractivity (Wildman–Crippen MR) is 83.1 cm³/mol. The molecule has 4 nitrogen and oxygen atoms in total. The van der Waals surface area contributed by atoms with Crippen LogP contribution in [0.15, 0.2) is 6.07 Å². The van der Waals surface area contributed by atoms with Crippen molar-refractivity contribution in [2.24, 2.45) is 24.2 Å². The summed E-state index contributed by atoms with van der Waals surface area (Å²) in [5, 5.41) is 4.53. The van der Waals surface area contributed by atoms with Gasteiger partial charge in [-0.3, -0.25) is 16.0 Å². The standard InChI is InChI=1S/C16H30N4/c1-5-13-10-14(20(4)19-13)11-15(18-17)12-6-8-16(2,3)9-7-12/h10,12,15,18H,5-9,11,17H2,1-4H3. The fourth-order valence-electron chi connectivity index (χ4n) is 3.35. The van der Waals surface area contributed by atoms with Crippen LogP contribution >= 0.6 is 0 Å².